The van der Waals surface area contributed by atoms with Crippen molar-refractivity contribution in [3.8, 4) is 0 Å². The van der Waals surface area contributed by atoms with Gasteiger partial charge in [0.05, 0.1) is 6.54 Å². The average Bonchev–Trinajstić information content (AvgIpc) is 2.96. The van der Waals surface area contributed by atoms with E-state index >= 15 is 0 Å². The molecule has 0 saturated heterocycles. The van der Waals surface area contributed by atoms with Crippen LogP contribution in [-0.2, 0) is 16.6 Å². The molecule has 1 atom stereocenters. The molecule has 0 saturated carbocycles. The number of sulfonamides is 1. The van der Waals surface area contributed by atoms with Crippen LogP contribution in [0.4, 0.5) is 0 Å². The van der Waals surface area contributed by atoms with E-state index in [0.717, 1.165) is 4.31 Å². The minimum absolute atomic E-state index is 0.0201. The quantitative estimate of drug-likeness (QED) is 0.820. The molecule has 0 aliphatic carbocycles. The van der Waals surface area contributed by atoms with E-state index in [4.69, 9.17) is 4.42 Å². The van der Waals surface area contributed by atoms with Gasteiger partial charge in [0, 0.05) is 20.1 Å². The molecular formula is C16H22N2O3S. The van der Waals surface area contributed by atoms with E-state index in [0.29, 0.717) is 12.3 Å². The van der Waals surface area contributed by atoms with Gasteiger partial charge in [-0.2, -0.15) is 0 Å². The number of benzene rings is 1. The molecule has 1 heterocycles. The summed E-state index contributed by atoms with van der Waals surface area (Å²) in [4.78, 5) is 2.11. The molecule has 1 aromatic carbocycles. The summed E-state index contributed by atoms with van der Waals surface area (Å²) in [5.41, 5.74) is 1.21. The molecule has 1 aromatic heterocycles. The number of nitrogens with zero attached hydrogens (tertiary/aromatic N) is 2. The summed E-state index contributed by atoms with van der Waals surface area (Å²) in [5.74, 6) is 0.630. The Morgan fingerprint density at radius 1 is 1.05 bits per heavy atom. The summed E-state index contributed by atoms with van der Waals surface area (Å²) in [6, 6.07) is 13.6. The van der Waals surface area contributed by atoms with Gasteiger partial charge in [-0.15, -0.1) is 0 Å². The second-order valence-electron chi connectivity index (χ2n) is 5.51. The van der Waals surface area contributed by atoms with Gasteiger partial charge in [0.15, 0.2) is 0 Å². The number of rotatable bonds is 6. The van der Waals surface area contributed by atoms with Crippen molar-refractivity contribution in [2.24, 2.45) is 0 Å². The van der Waals surface area contributed by atoms with Crippen molar-refractivity contribution in [3.63, 3.8) is 0 Å². The molecule has 22 heavy (non-hydrogen) atoms. The third-order valence-corrected chi connectivity index (χ3v) is 5.41. The molecule has 0 radical (unpaired) electrons. The zero-order chi connectivity index (χ0) is 16.3. The standard InChI is InChI=1S/C16H22N2O3S/c1-13(14-8-6-5-7-9-14)18(4)12-15-10-11-16(21-15)22(19,20)17(2)3/h5-11,13H,12H2,1-4H3. The molecule has 2 rings (SSSR count). The summed E-state index contributed by atoms with van der Waals surface area (Å²) in [7, 11) is 1.44. The predicted octanol–water partition coefficient (Wildman–Crippen LogP) is 2.72. The third kappa shape index (κ3) is 3.58. The van der Waals surface area contributed by atoms with Crippen molar-refractivity contribution in [3.05, 3.63) is 53.8 Å². The lowest BCUT2D eigenvalue weighted by Crippen LogP contribution is -2.22. The Morgan fingerprint density at radius 3 is 2.27 bits per heavy atom. The van der Waals surface area contributed by atoms with E-state index in [1.165, 1.54) is 25.7 Å². The molecule has 0 amide bonds. The van der Waals surface area contributed by atoms with Crippen LogP contribution >= 0.6 is 0 Å². The fraction of sp³-hybridized carbons (Fsp3) is 0.375. The molecule has 1 unspecified atom stereocenters. The second-order valence-corrected chi connectivity index (χ2v) is 7.59. The fourth-order valence-corrected chi connectivity index (χ4v) is 2.94. The molecule has 0 spiro atoms. The lowest BCUT2D eigenvalue weighted by Gasteiger charge is -2.24. The SMILES string of the molecule is CC(c1ccccc1)N(C)Cc1ccc(S(=O)(=O)N(C)C)o1. The Hall–Kier alpha value is -1.63. The van der Waals surface area contributed by atoms with Crippen molar-refractivity contribution in [2.75, 3.05) is 21.1 Å². The first-order valence-electron chi connectivity index (χ1n) is 7.09. The average molecular weight is 322 g/mol. The van der Waals surface area contributed by atoms with Crippen LogP contribution in [0, 0.1) is 0 Å². The lowest BCUT2D eigenvalue weighted by molar-refractivity contribution is 0.225. The molecule has 5 nitrogen and oxygen atoms in total. The van der Waals surface area contributed by atoms with Gasteiger partial charge in [0.25, 0.3) is 10.0 Å². The van der Waals surface area contributed by atoms with Gasteiger partial charge in [-0.05, 0) is 31.7 Å². The van der Waals surface area contributed by atoms with Crippen LogP contribution in [0.2, 0.25) is 0 Å². The van der Waals surface area contributed by atoms with E-state index in [2.05, 4.69) is 24.0 Å². The number of hydrogen-bond donors (Lipinski definition) is 0. The van der Waals surface area contributed by atoms with Crippen LogP contribution in [0.5, 0.6) is 0 Å². The summed E-state index contributed by atoms with van der Waals surface area (Å²) in [6.07, 6.45) is 0. The van der Waals surface area contributed by atoms with Crippen molar-refractivity contribution in [1.82, 2.24) is 9.21 Å². The highest BCUT2D eigenvalue weighted by Gasteiger charge is 2.22. The van der Waals surface area contributed by atoms with E-state index in [1.807, 2.05) is 25.2 Å². The highest BCUT2D eigenvalue weighted by molar-refractivity contribution is 7.88. The maximum Gasteiger partial charge on any atom is 0.275 e. The van der Waals surface area contributed by atoms with Crippen LogP contribution in [0.1, 0.15) is 24.3 Å². The largest absolute Gasteiger partial charge is 0.447 e. The summed E-state index contributed by atoms with van der Waals surface area (Å²) >= 11 is 0. The molecule has 0 N–H and O–H groups in total. The summed E-state index contributed by atoms with van der Waals surface area (Å²) in [5, 5.41) is -0.0201. The van der Waals surface area contributed by atoms with E-state index in [1.54, 1.807) is 6.07 Å². The maximum absolute atomic E-state index is 12.0. The van der Waals surface area contributed by atoms with Gasteiger partial charge in [0.1, 0.15) is 5.76 Å². The van der Waals surface area contributed by atoms with Crippen LogP contribution in [0.3, 0.4) is 0 Å². The van der Waals surface area contributed by atoms with Gasteiger partial charge in [-0.3, -0.25) is 4.90 Å². The highest BCUT2D eigenvalue weighted by atomic mass is 32.2. The molecule has 0 aliphatic rings. The lowest BCUT2D eigenvalue weighted by atomic mass is 10.1. The first kappa shape index (κ1) is 16.7. The molecule has 0 aliphatic heterocycles. The summed E-state index contributed by atoms with van der Waals surface area (Å²) < 4.78 is 30.6. The molecule has 2 aromatic rings. The third-order valence-electron chi connectivity index (χ3n) is 3.72. The minimum atomic E-state index is -3.52. The van der Waals surface area contributed by atoms with Gasteiger partial charge in [-0.25, -0.2) is 12.7 Å². The fourth-order valence-electron chi connectivity index (χ4n) is 2.13. The first-order valence-corrected chi connectivity index (χ1v) is 8.53. The Kier molecular flexibility index (Phi) is 5.05. The Morgan fingerprint density at radius 2 is 1.68 bits per heavy atom. The Bertz CT molecular complexity index is 708. The molecule has 0 fully saturated rings. The topological polar surface area (TPSA) is 53.8 Å². The molecule has 6 heteroatoms. The van der Waals surface area contributed by atoms with E-state index in [9.17, 15) is 8.42 Å². The number of hydrogen-bond acceptors (Lipinski definition) is 4. The highest BCUT2D eigenvalue weighted by Crippen LogP contribution is 2.23. The van der Waals surface area contributed by atoms with Gasteiger partial charge in [0.2, 0.25) is 5.09 Å². The normalized spacial score (nSPS) is 13.7. The second kappa shape index (κ2) is 6.64. The monoisotopic (exact) mass is 322 g/mol. The number of furan rings is 1. The Balaban J connectivity index is 2.10. The Labute approximate surface area is 132 Å². The van der Waals surface area contributed by atoms with E-state index < -0.39 is 10.0 Å². The van der Waals surface area contributed by atoms with Crippen LogP contribution in [0.25, 0.3) is 0 Å². The van der Waals surface area contributed by atoms with Crippen LogP contribution in [-0.4, -0.2) is 38.8 Å². The summed E-state index contributed by atoms with van der Waals surface area (Å²) in [6.45, 7) is 2.65. The van der Waals surface area contributed by atoms with Crippen LogP contribution in [0.15, 0.2) is 52.0 Å². The van der Waals surface area contributed by atoms with Crippen LogP contribution < -0.4 is 0 Å². The van der Waals surface area contributed by atoms with Gasteiger partial charge < -0.3 is 4.42 Å². The minimum Gasteiger partial charge on any atom is -0.447 e. The van der Waals surface area contributed by atoms with Gasteiger partial charge in [-0.1, -0.05) is 30.3 Å². The molecule has 120 valence electrons. The van der Waals surface area contributed by atoms with Crippen molar-refractivity contribution in [1.29, 1.82) is 0 Å². The first-order chi connectivity index (χ1) is 10.3. The molecule has 0 bridgehead atoms. The molecular weight excluding hydrogens is 300 g/mol. The zero-order valence-electron chi connectivity index (χ0n) is 13.4. The maximum atomic E-state index is 12.0. The zero-order valence-corrected chi connectivity index (χ0v) is 14.2. The van der Waals surface area contributed by atoms with Crippen molar-refractivity contribution in [2.45, 2.75) is 24.6 Å². The van der Waals surface area contributed by atoms with Gasteiger partial charge >= 0.3 is 0 Å². The predicted molar refractivity (Wildman–Crippen MR) is 85.9 cm³/mol. The smallest absolute Gasteiger partial charge is 0.275 e. The van der Waals surface area contributed by atoms with Crippen molar-refractivity contribution >= 4 is 10.0 Å². The van der Waals surface area contributed by atoms with Crippen molar-refractivity contribution < 1.29 is 12.8 Å². The van der Waals surface area contributed by atoms with E-state index in [-0.39, 0.29) is 11.1 Å².